The first kappa shape index (κ1) is 15.0. The second-order valence-corrected chi connectivity index (χ2v) is 5.71. The van der Waals surface area contributed by atoms with Crippen molar-refractivity contribution in [3.05, 3.63) is 12.4 Å². The molecule has 112 valence electrons. The zero-order chi connectivity index (χ0) is 14.3. The van der Waals surface area contributed by atoms with Gasteiger partial charge in [0.15, 0.2) is 0 Å². The van der Waals surface area contributed by atoms with E-state index >= 15 is 0 Å². The summed E-state index contributed by atoms with van der Waals surface area (Å²) < 4.78 is 5.52. The van der Waals surface area contributed by atoms with Gasteiger partial charge in [-0.15, -0.1) is 0 Å². The Hall–Kier alpha value is -1.36. The minimum Gasteiger partial charge on any atom is -0.478 e. The van der Waals surface area contributed by atoms with Gasteiger partial charge in [-0.2, -0.15) is 0 Å². The van der Waals surface area contributed by atoms with Crippen LogP contribution in [0.25, 0.3) is 0 Å². The maximum atomic E-state index is 6.00. The van der Waals surface area contributed by atoms with Crippen molar-refractivity contribution in [2.75, 3.05) is 25.0 Å². The first-order valence-corrected chi connectivity index (χ1v) is 7.67. The molecule has 1 aliphatic rings. The highest BCUT2D eigenvalue weighted by molar-refractivity contribution is 5.37. The molecule has 1 saturated carbocycles. The number of rotatable bonds is 7. The van der Waals surface area contributed by atoms with Gasteiger partial charge in [0.2, 0.25) is 5.88 Å². The van der Waals surface area contributed by atoms with Crippen LogP contribution < -0.4 is 15.8 Å². The third-order valence-electron chi connectivity index (χ3n) is 4.09. The fraction of sp³-hybridized carbons (Fsp3) is 0.733. The SMILES string of the molecule is CCCOc1cc(NCC2(CN)CCCCC2)ncn1. The number of hydrogen-bond donors (Lipinski definition) is 2. The van der Waals surface area contributed by atoms with E-state index < -0.39 is 0 Å². The monoisotopic (exact) mass is 278 g/mol. The summed E-state index contributed by atoms with van der Waals surface area (Å²) in [5.41, 5.74) is 6.23. The molecule has 0 radical (unpaired) electrons. The summed E-state index contributed by atoms with van der Waals surface area (Å²) in [6.45, 7) is 4.38. The van der Waals surface area contributed by atoms with Crippen LogP contribution in [0.2, 0.25) is 0 Å². The lowest BCUT2D eigenvalue weighted by Crippen LogP contribution is -2.39. The Morgan fingerprint density at radius 3 is 2.80 bits per heavy atom. The molecule has 5 heteroatoms. The number of anilines is 1. The highest BCUT2D eigenvalue weighted by Crippen LogP contribution is 2.35. The smallest absolute Gasteiger partial charge is 0.218 e. The zero-order valence-corrected chi connectivity index (χ0v) is 12.4. The Bertz CT molecular complexity index is 405. The summed E-state index contributed by atoms with van der Waals surface area (Å²) >= 11 is 0. The number of nitrogens with zero attached hydrogens (tertiary/aromatic N) is 2. The van der Waals surface area contributed by atoms with E-state index in [9.17, 15) is 0 Å². The summed E-state index contributed by atoms with van der Waals surface area (Å²) in [5, 5.41) is 3.41. The molecule has 0 bridgehead atoms. The summed E-state index contributed by atoms with van der Waals surface area (Å²) in [4.78, 5) is 8.37. The standard InChI is InChI=1S/C15H26N4O/c1-2-8-20-14-9-13(18-12-19-14)17-11-15(10-16)6-4-3-5-7-15/h9,12H,2-8,10-11,16H2,1H3,(H,17,18,19). The van der Waals surface area contributed by atoms with Crippen molar-refractivity contribution in [3.63, 3.8) is 0 Å². The van der Waals surface area contributed by atoms with Gasteiger partial charge in [-0.3, -0.25) is 0 Å². The minimum atomic E-state index is 0.230. The average Bonchev–Trinajstić information content (AvgIpc) is 2.52. The number of nitrogens with one attached hydrogen (secondary N) is 1. The third-order valence-corrected chi connectivity index (χ3v) is 4.09. The molecule has 0 saturated heterocycles. The van der Waals surface area contributed by atoms with Crippen LogP contribution >= 0.6 is 0 Å². The largest absolute Gasteiger partial charge is 0.478 e. The summed E-state index contributed by atoms with van der Waals surface area (Å²) in [5.74, 6) is 1.46. The molecule has 0 unspecified atom stereocenters. The summed E-state index contributed by atoms with van der Waals surface area (Å²) in [7, 11) is 0. The number of nitrogens with two attached hydrogens (primary N) is 1. The molecule has 0 aromatic carbocycles. The van der Waals surface area contributed by atoms with Crippen LogP contribution in [-0.4, -0.2) is 29.7 Å². The summed E-state index contributed by atoms with van der Waals surface area (Å²) in [6.07, 6.45) is 8.85. The van der Waals surface area contributed by atoms with Crippen LogP contribution in [0.4, 0.5) is 5.82 Å². The van der Waals surface area contributed by atoms with Crippen molar-refractivity contribution >= 4 is 5.82 Å². The van der Waals surface area contributed by atoms with Gasteiger partial charge in [-0.05, 0) is 31.2 Å². The molecular formula is C15H26N4O. The van der Waals surface area contributed by atoms with Crippen LogP contribution in [0.3, 0.4) is 0 Å². The van der Waals surface area contributed by atoms with Crippen molar-refractivity contribution < 1.29 is 4.74 Å². The lowest BCUT2D eigenvalue weighted by molar-refractivity contribution is 0.215. The van der Waals surface area contributed by atoms with E-state index in [2.05, 4.69) is 22.2 Å². The maximum Gasteiger partial charge on any atom is 0.218 e. The van der Waals surface area contributed by atoms with Crippen LogP contribution in [0, 0.1) is 5.41 Å². The van der Waals surface area contributed by atoms with Crippen molar-refractivity contribution in [2.24, 2.45) is 11.1 Å². The predicted octanol–water partition coefficient (Wildman–Crippen LogP) is 2.59. The Morgan fingerprint density at radius 2 is 2.10 bits per heavy atom. The van der Waals surface area contributed by atoms with E-state index in [-0.39, 0.29) is 5.41 Å². The third kappa shape index (κ3) is 4.07. The Morgan fingerprint density at radius 1 is 1.30 bits per heavy atom. The van der Waals surface area contributed by atoms with E-state index in [0.717, 1.165) is 25.3 Å². The molecule has 0 atom stereocenters. The van der Waals surface area contributed by atoms with Gasteiger partial charge in [0, 0.05) is 12.6 Å². The lowest BCUT2D eigenvalue weighted by Gasteiger charge is -2.36. The summed E-state index contributed by atoms with van der Waals surface area (Å²) in [6, 6.07) is 1.86. The van der Waals surface area contributed by atoms with Gasteiger partial charge in [-0.1, -0.05) is 26.2 Å². The first-order valence-electron chi connectivity index (χ1n) is 7.67. The zero-order valence-electron chi connectivity index (χ0n) is 12.4. The van der Waals surface area contributed by atoms with Gasteiger partial charge in [-0.25, -0.2) is 9.97 Å². The van der Waals surface area contributed by atoms with Gasteiger partial charge in [0.1, 0.15) is 12.1 Å². The fourth-order valence-corrected chi connectivity index (χ4v) is 2.75. The predicted molar refractivity (Wildman–Crippen MR) is 80.9 cm³/mol. The Kier molecular flexibility index (Phi) is 5.59. The van der Waals surface area contributed by atoms with Crippen molar-refractivity contribution in [1.82, 2.24) is 9.97 Å². The van der Waals surface area contributed by atoms with Gasteiger partial charge in [0.05, 0.1) is 6.61 Å². The van der Waals surface area contributed by atoms with Crippen molar-refractivity contribution in [3.8, 4) is 5.88 Å². The van der Waals surface area contributed by atoms with Gasteiger partial charge < -0.3 is 15.8 Å². The highest BCUT2D eigenvalue weighted by atomic mass is 16.5. The Balaban J connectivity index is 1.92. The maximum absolute atomic E-state index is 6.00. The van der Waals surface area contributed by atoms with E-state index in [4.69, 9.17) is 10.5 Å². The lowest BCUT2D eigenvalue weighted by atomic mass is 9.74. The second-order valence-electron chi connectivity index (χ2n) is 5.71. The molecule has 1 aromatic heterocycles. The second kappa shape index (κ2) is 7.43. The average molecular weight is 278 g/mol. The van der Waals surface area contributed by atoms with Crippen LogP contribution in [0.1, 0.15) is 45.4 Å². The molecule has 1 heterocycles. The number of aromatic nitrogens is 2. The van der Waals surface area contributed by atoms with Crippen molar-refractivity contribution in [1.29, 1.82) is 0 Å². The molecule has 1 aromatic rings. The molecule has 0 amide bonds. The van der Waals surface area contributed by atoms with E-state index in [1.54, 1.807) is 6.33 Å². The molecule has 3 N–H and O–H groups in total. The molecule has 20 heavy (non-hydrogen) atoms. The number of hydrogen-bond acceptors (Lipinski definition) is 5. The molecule has 0 spiro atoms. The fourth-order valence-electron chi connectivity index (χ4n) is 2.75. The Labute approximate surface area is 121 Å². The molecule has 2 rings (SSSR count). The minimum absolute atomic E-state index is 0.230. The highest BCUT2D eigenvalue weighted by Gasteiger charge is 2.30. The normalized spacial score (nSPS) is 17.7. The molecule has 1 fully saturated rings. The van der Waals surface area contributed by atoms with E-state index in [0.29, 0.717) is 12.5 Å². The van der Waals surface area contributed by atoms with Gasteiger partial charge >= 0.3 is 0 Å². The topological polar surface area (TPSA) is 73.1 Å². The molecular weight excluding hydrogens is 252 g/mol. The number of ether oxygens (including phenoxy) is 1. The first-order chi connectivity index (χ1) is 9.78. The van der Waals surface area contributed by atoms with Crippen LogP contribution in [0.5, 0.6) is 5.88 Å². The van der Waals surface area contributed by atoms with E-state index in [1.807, 2.05) is 6.07 Å². The molecule has 1 aliphatic carbocycles. The van der Waals surface area contributed by atoms with E-state index in [1.165, 1.54) is 32.1 Å². The molecule has 5 nitrogen and oxygen atoms in total. The van der Waals surface area contributed by atoms with Crippen molar-refractivity contribution in [2.45, 2.75) is 45.4 Å². The van der Waals surface area contributed by atoms with Crippen LogP contribution in [-0.2, 0) is 0 Å². The molecule has 0 aliphatic heterocycles. The van der Waals surface area contributed by atoms with Crippen LogP contribution in [0.15, 0.2) is 12.4 Å². The quantitative estimate of drug-likeness (QED) is 0.802. The van der Waals surface area contributed by atoms with Gasteiger partial charge in [0.25, 0.3) is 0 Å².